The second-order valence-electron chi connectivity index (χ2n) is 6.75. The van der Waals surface area contributed by atoms with Gasteiger partial charge in [0.05, 0.1) is 0 Å². The van der Waals surface area contributed by atoms with Crippen molar-refractivity contribution in [3.63, 3.8) is 0 Å². The van der Waals surface area contributed by atoms with Gasteiger partial charge in [0.2, 0.25) is 11.8 Å². The Morgan fingerprint density at radius 2 is 2.00 bits per heavy atom. The van der Waals surface area contributed by atoms with Crippen molar-refractivity contribution in [3.8, 4) is 0 Å². The van der Waals surface area contributed by atoms with Crippen molar-refractivity contribution >= 4 is 28.6 Å². The maximum absolute atomic E-state index is 13.1. The lowest BCUT2D eigenvalue weighted by molar-refractivity contribution is -0.136. The Kier molecular flexibility index (Phi) is 3.82. The van der Waals surface area contributed by atoms with Gasteiger partial charge < -0.3 is 9.47 Å². The summed E-state index contributed by atoms with van der Waals surface area (Å²) in [6.45, 7) is 3.35. The highest BCUT2D eigenvalue weighted by Crippen LogP contribution is 2.35. The van der Waals surface area contributed by atoms with Crippen molar-refractivity contribution in [1.29, 1.82) is 0 Å². The molecule has 1 aromatic heterocycles. The maximum Gasteiger partial charge on any atom is 0.271 e. The summed E-state index contributed by atoms with van der Waals surface area (Å²) in [5.74, 6) is -0.723. The van der Waals surface area contributed by atoms with Crippen LogP contribution in [0.25, 0.3) is 10.9 Å². The highest BCUT2D eigenvalue weighted by Gasteiger charge is 2.41. The third kappa shape index (κ3) is 2.44. The molecule has 2 aromatic rings. The predicted molar refractivity (Wildman–Crippen MR) is 92.9 cm³/mol. The molecule has 2 aliphatic rings. The first-order valence-electron chi connectivity index (χ1n) is 8.86. The number of amides is 3. The van der Waals surface area contributed by atoms with E-state index in [1.54, 1.807) is 4.90 Å². The van der Waals surface area contributed by atoms with Crippen LogP contribution in [0.4, 0.5) is 0 Å². The Labute approximate surface area is 145 Å². The minimum atomic E-state index is -0.559. The van der Waals surface area contributed by atoms with Crippen LogP contribution in [-0.2, 0) is 22.7 Å². The Bertz CT molecular complexity index is 883. The molecule has 1 saturated heterocycles. The van der Waals surface area contributed by atoms with Gasteiger partial charge in [-0.1, -0.05) is 31.5 Å². The van der Waals surface area contributed by atoms with E-state index >= 15 is 0 Å². The van der Waals surface area contributed by atoms with Crippen molar-refractivity contribution in [3.05, 3.63) is 35.5 Å². The first-order valence-corrected chi connectivity index (χ1v) is 8.86. The maximum atomic E-state index is 13.1. The number of para-hydroxylation sites is 1. The summed E-state index contributed by atoms with van der Waals surface area (Å²) in [6, 6.07) is 7.50. The summed E-state index contributed by atoms with van der Waals surface area (Å²) >= 11 is 0. The molecule has 0 saturated carbocycles. The van der Waals surface area contributed by atoms with Crippen LogP contribution in [0, 0.1) is 0 Å². The lowest BCUT2D eigenvalue weighted by Crippen LogP contribution is -2.52. The van der Waals surface area contributed by atoms with E-state index in [4.69, 9.17) is 0 Å². The van der Waals surface area contributed by atoms with Gasteiger partial charge in [0.15, 0.2) is 0 Å². The summed E-state index contributed by atoms with van der Waals surface area (Å²) < 4.78 is 2.10. The van der Waals surface area contributed by atoms with Gasteiger partial charge in [0, 0.05) is 36.0 Å². The molecule has 3 heterocycles. The van der Waals surface area contributed by atoms with Gasteiger partial charge in [-0.25, -0.2) is 0 Å². The molecule has 0 radical (unpaired) electrons. The summed E-state index contributed by atoms with van der Waals surface area (Å²) in [5, 5.41) is 3.43. The highest BCUT2D eigenvalue weighted by atomic mass is 16.2. The number of benzene rings is 1. The summed E-state index contributed by atoms with van der Waals surface area (Å²) in [6.07, 6.45) is 2.72. The first-order chi connectivity index (χ1) is 12.1. The molecule has 25 heavy (non-hydrogen) atoms. The lowest BCUT2D eigenvalue weighted by atomic mass is 10.0. The molecule has 0 spiro atoms. The van der Waals surface area contributed by atoms with Gasteiger partial charge in [0.25, 0.3) is 5.91 Å². The zero-order valence-electron chi connectivity index (χ0n) is 14.2. The molecule has 1 aromatic carbocycles. The van der Waals surface area contributed by atoms with Crippen LogP contribution < -0.4 is 5.32 Å². The van der Waals surface area contributed by atoms with Crippen LogP contribution in [0.5, 0.6) is 0 Å². The second kappa shape index (κ2) is 6.02. The summed E-state index contributed by atoms with van der Waals surface area (Å²) in [7, 11) is 0. The molecule has 4 rings (SSSR count). The number of carbonyl (C=O) groups is 3. The molecule has 0 aliphatic carbocycles. The molecular weight excluding hydrogens is 318 g/mol. The number of fused-ring (bicyclic) bond motifs is 3. The molecule has 1 N–H and O–H groups in total. The molecule has 130 valence electrons. The topological polar surface area (TPSA) is 71.4 Å². The fraction of sp³-hybridized carbons (Fsp3) is 0.421. The van der Waals surface area contributed by atoms with Crippen LogP contribution in [-0.4, -0.2) is 33.2 Å². The van der Waals surface area contributed by atoms with Crippen LogP contribution in [0.2, 0.25) is 0 Å². The zero-order valence-corrected chi connectivity index (χ0v) is 14.2. The number of aryl methyl sites for hydroxylation is 1. The van der Waals surface area contributed by atoms with Crippen LogP contribution >= 0.6 is 0 Å². The van der Waals surface area contributed by atoms with Crippen molar-refractivity contribution in [2.45, 2.75) is 51.7 Å². The van der Waals surface area contributed by atoms with Gasteiger partial charge in [-0.05, 0) is 18.9 Å². The Balaban J connectivity index is 1.74. The molecule has 1 fully saturated rings. The predicted octanol–water partition coefficient (Wildman–Crippen LogP) is 2.20. The molecule has 0 bridgehead atoms. The van der Waals surface area contributed by atoms with Gasteiger partial charge in [-0.3, -0.25) is 19.7 Å². The Morgan fingerprint density at radius 3 is 2.76 bits per heavy atom. The molecule has 3 amide bonds. The number of rotatable bonds is 4. The highest BCUT2D eigenvalue weighted by molar-refractivity contribution is 6.08. The average Bonchev–Trinajstić information content (AvgIpc) is 3.09. The van der Waals surface area contributed by atoms with Crippen LogP contribution in [0.15, 0.2) is 24.3 Å². The van der Waals surface area contributed by atoms with E-state index in [9.17, 15) is 14.4 Å². The van der Waals surface area contributed by atoms with E-state index in [-0.39, 0.29) is 24.1 Å². The van der Waals surface area contributed by atoms with Crippen LogP contribution in [0.1, 0.15) is 48.7 Å². The number of carbonyl (C=O) groups excluding carboxylic acids is 3. The van der Waals surface area contributed by atoms with Gasteiger partial charge in [-0.2, -0.15) is 0 Å². The number of imide groups is 1. The van der Waals surface area contributed by atoms with Crippen molar-refractivity contribution < 1.29 is 14.4 Å². The number of unbranched alkanes of at least 4 members (excludes halogenated alkanes) is 1. The van der Waals surface area contributed by atoms with Gasteiger partial charge in [-0.15, -0.1) is 0 Å². The zero-order chi connectivity index (χ0) is 17.6. The molecule has 6 nitrogen and oxygen atoms in total. The van der Waals surface area contributed by atoms with E-state index in [0.29, 0.717) is 18.7 Å². The third-order valence-electron chi connectivity index (χ3n) is 5.19. The molecule has 1 atom stereocenters. The monoisotopic (exact) mass is 339 g/mol. The smallest absolute Gasteiger partial charge is 0.271 e. The number of aromatic nitrogens is 1. The fourth-order valence-corrected chi connectivity index (χ4v) is 3.94. The van der Waals surface area contributed by atoms with Gasteiger partial charge >= 0.3 is 0 Å². The largest absolute Gasteiger partial charge is 0.336 e. The SMILES string of the molecule is CCCCn1c2c(c3ccccc31)CN(C1CCC(=O)NC1=O)C2=O. The number of nitrogens with one attached hydrogen (secondary N) is 1. The fourth-order valence-electron chi connectivity index (χ4n) is 3.94. The van der Waals surface area contributed by atoms with Crippen molar-refractivity contribution in [2.75, 3.05) is 0 Å². The van der Waals surface area contributed by atoms with E-state index in [2.05, 4.69) is 16.8 Å². The standard InChI is InChI=1S/C19H21N3O3/c1-2-3-10-21-14-7-5-4-6-12(14)13-11-22(19(25)17(13)21)15-8-9-16(23)20-18(15)24/h4-7,15H,2-3,8-11H2,1H3,(H,20,23,24). The van der Waals surface area contributed by atoms with Crippen molar-refractivity contribution in [1.82, 2.24) is 14.8 Å². The van der Waals surface area contributed by atoms with E-state index in [1.807, 2.05) is 24.3 Å². The first kappa shape index (κ1) is 15.9. The minimum absolute atomic E-state index is 0.100. The van der Waals surface area contributed by atoms with E-state index < -0.39 is 6.04 Å². The number of hydrogen-bond donors (Lipinski definition) is 1. The number of piperidine rings is 1. The summed E-state index contributed by atoms with van der Waals surface area (Å²) in [4.78, 5) is 38.3. The van der Waals surface area contributed by atoms with E-state index in [0.717, 1.165) is 35.9 Å². The quantitative estimate of drug-likeness (QED) is 0.868. The van der Waals surface area contributed by atoms with E-state index in [1.165, 1.54) is 0 Å². The molecular formula is C19H21N3O3. The molecule has 1 unspecified atom stereocenters. The number of nitrogens with zero attached hydrogens (tertiary/aromatic N) is 2. The van der Waals surface area contributed by atoms with Crippen LogP contribution in [0.3, 0.4) is 0 Å². The summed E-state index contributed by atoms with van der Waals surface area (Å²) in [5.41, 5.74) is 2.79. The normalized spacial score (nSPS) is 20.3. The number of hydrogen-bond acceptors (Lipinski definition) is 3. The second-order valence-corrected chi connectivity index (χ2v) is 6.75. The Hall–Kier alpha value is -2.63. The Morgan fingerprint density at radius 1 is 1.20 bits per heavy atom. The average molecular weight is 339 g/mol. The molecule has 2 aliphatic heterocycles. The van der Waals surface area contributed by atoms with Crippen molar-refractivity contribution in [2.24, 2.45) is 0 Å². The minimum Gasteiger partial charge on any atom is -0.336 e. The lowest BCUT2D eigenvalue weighted by Gasteiger charge is -2.29. The molecule has 6 heteroatoms. The van der Waals surface area contributed by atoms with Gasteiger partial charge in [0.1, 0.15) is 11.7 Å². The third-order valence-corrected chi connectivity index (χ3v) is 5.19.